The molecule has 9 nitrogen and oxygen atoms in total. The Kier molecular flexibility index (Phi) is 5.45. The Hall–Kier alpha value is -2.98. The van der Waals surface area contributed by atoms with Crippen molar-refractivity contribution in [3.8, 4) is 11.6 Å². The molecule has 0 bridgehead atoms. The zero-order chi connectivity index (χ0) is 20.3. The molecule has 1 aliphatic heterocycles. The van der Waals surface area contributed by atoms with Crippen LogP contribution in [-0.2, 0) is 10.0 Å². The van der Waals surface area contributed by atoms with Crippen LogP contribution in [0.4, 0.5) is 5.82 Å². The first-order valence-corrected chi connectivity index (χ1v) is 10.8. The summed E-state index contributed by atoms with van der Waals surface area (Å²) in [5.74, 6) is 2.08. The maximum atomic E-state index is 12.9. The molecule has 3 aromatic rings. The highest BCUT2D eigenvalue weighted by atomic mass is 32.2. The molecule has 0 radical (unpaired) electrons. The Labute approximate surface area is 169 Å². The molecule has 0 atom stereocenters. The standard InChI is InChI=1S/C19H22N6O3S/c1-2-28-16-4-6-17(7-5-16)29(26,27)24-12-10-23(11-13-24)18-14-19(21-15-20-18)25-9-3-8-22-25/h3-9,14-15H,2,10-13H2,1H3. The van der Waals surface area contributed by atoms with Crippen LogP contribution in [0.5, 0.6) is 5.75 Å². The van der Waals surface area contributed by atoms with Gasteiger partial charge in [0.25, 0.3) is 0 Å². The van der Waals surface area contributed by atoms with Crippen LogP contribution >= 0.6 is 0 Å². The number of hydrogen-bond donors (Lipinski definition) is 0. The van der Waals surface area contributed by atoms with E-state index in [1.807, 2.05) is 25.3 Å². The van der Waals surface area contributed by atoms with E-state index >= 15 is 0 Å². The molecule has 10 heteroatoms. The van der Waals surface area contributed by atoms with Crippen molar-refractivity contribution in [2.75, 3.05) is 37.7 Å². The lowest BCUT2D eigenvalue weighted by Gasteiger charge is -2.34. The van der Waals surface area contributed by atoms with E-state index in [-0.39, 0.29) is 4.90 Å². The largest absolute Gasteiger partial charge is 0.494 e. The van der Waals surface area contributed by atoms with Crippen LogP contribution in [0.3, 0.4) is 0 Å². The predicted molar refractivity (Wildman–Crippen MR) is 108 cm³/mol. The van der Waals surface area contributed by atoms with Gasteiger partial charge in [-0.15, -0.1) is 0 Å². The van der Waals surface area contributed by atoms with Crippen LogP contribution in [0.2, 0.25) is 0 Å². The van der Waals surface area contributed by atoms with Crippen molar-refractivity contribution in [3.05, 3.63) is 55.1 Å². The van der Waals surface area contributed by atoms with E-state index in [9.17, 15) is 8.42 Å². The quantitative estimate of drug-likeness (QED) is 0.604. The van der Waals surface area contributed by atoms with Gasteiger partial charge in [-0.3, -0.25) is 0 Å². The van der Waals surface area contributed by atoms with Gasteiger partial charge in [-0.25, -0.2) is 23.1 Å². The number of ether oxygens (including phenoxy) is 1. The lowest BCUT2D eigenvalue weighted by atomic mass is 10.3. The zero-order valence-electron chi connectivity index (χ0n) is 16.0. The van der Waals surface area contributed by atoms with E-state index in [1.54, 1.807) is 35.1 Å². The first-order chi connectivity index (χ1) is 14.1. The summed E-state index contributed by atoms with van der Waals surface area (Å²) in [5, 5.41) is 4.18. The van der Waals surface area contributed by atoms with Crippen LogP contribution in [-0.4, -0.2) is 65.3 Å². The number of nitrogens with zero attached hydrogens (tertiary/aromatic N) is 6. The van der Waals surface area contributed by atoms with Gasteiger partial charge in [0.1, 0.15) is 17.9 Å². The Morgan fingerprint density at radius 3 is 2.41 bits per heavy atom. The molecule has 0 saturated carbocycles. The molecule has 1 saturated heterocycles. The van der Waals surface area contributed by atoms with Crippen LogP contribution in [0, 0.1) is 0 Å². The lowest BCUT2D eigenvalue weighted by Crippen LogP contribution is -2.48. The highest BCUT2D eigenvalue weighted by Crippen LogP contribution is 2.22. The third-order valence-corrected chi connectivity index (χ3v) is 6.63. The number of piperazine rings is 1. The van der Waals surface area contributed by atoms with Gasteiger partial charge in [0.2, 0.25) is 10.0 Å². The third-order valence-electron chi connectivity index (χ3n) is 4.71. The normalized spacial score (nSPS) is 15.4. The van der Waals surface area contributed by atoms with Gasteiger partial charge < -0.3 is 9.64 Å². The van der Waals surface area contributed by atoms with Gasteiger partial charge in [-0.1, -0.05) is 0 Å². The van der Waals surface area contributed by atoms with Crippen molar-refractivity contribution in [2.24, 2.45) is 0 Å². The van der Waals surface area contributed by atoms with Crippen LogP contribution < -0.4 is 9.64 Å². The van der Waals surface area contributed by atoms with Crippen molar-refractivity contribution < 1.29 is 13.2 Å². The first-order valence-electron chi connectivity index (χ1n) is 9.38. The molecule has 0 N–H and O–H groups in total. The molecule has 2 aromatic heterocycles. The maximum Gasteiger partial charge on any atom is 0.243 e. The average molecular weight is 414 g/mol. The number of hydrogen-bond acceptors (Lipinski definition) is 7. The smallest absolute Gasteiger partial charge is 0.243 e. The van der Waals surface area contributed by atoms with Crippen molar-refractivity contribution in [2.45, 2.75) is 11.8 Å². The minimum absolute atomic E-state index is 0.275. The summed E-state index contributed by atoms with van der Waals surface area (Å²) < 4.78 is 34.4. The number of aromatic nitrogens is 4. The molecule has 152 valence electrons. The maximum absolute atomic E-state index is 12.9. The fourth-order valence-electron chi connectivity index (χ4n) is 3.22. The molecular weight excluding hydrogens is 392 g/mol. The molecule has 1 fully saturated rings. The minimum Gasteiger partial charge on any atom is -0.494 e. The van der Waals surface area contributed by atoms with E-state index in [2.05, 4.69) is 20.0 Å². The molecular formula is C19H22N6O3S. The number of anilines is 1. The molecule has 0 spiro atoms. The number of benzene rings is 1. The highest BCUT2D eigenvalue weighted by molar-refractivity contribution is 7.89. The molecule has 0 unspecified atom stereocenters. The number of rotatable bonds is 6. The first kappa shape index (κ1) is 19.3. The fourth-order valence-corrected chi connectivity index (χ4v) is 4.64. The van der Waals surface area contributed by atoms with E-state index in [0.29, 0.717) is 44.4 Å². The number of sulfonamides is 1. The Balaban J connectivity index is 1.44. The van der Waals surface area contributed by atoms with E-state index < -0.39 is 10.0 Å². The summed E-state index contributed by atoms with van der Waals surface area (Å²) in [5.41, 5.74) is 0. The van der Waals surface area contributed by atoms with Crippen LogP contribution in [0.15, 0.2) is 60.0 Å². The molecule has 0 aliphatic carbocycles. The molecule has 1 aromatic carbocycles. The second kappa shape index (κ2) is 8.18. The van der Waals surface area contributed by atoms with Gasteiger partial charge >= 0.3 is 0 Å². The Bertz CT molecular complexity index is 1050. The topological polar surface area (TPSA) is 93.5 Å². The summed E-state index contributed by atoms with van der Waals surface area (Å²) in [7, 11) is -3.54. The fraction of sp³-hybridized carbons (Fsp3) is 0.316. The molecule has 1 aliphatic rings. The monoisotopic (exact) mass is 414 g/mol. The molecule has 0 amide bonds. The molecule has 3 heterocycles. The van der Waals surface area contributed by atoms with Crippen molar-refractivity contribution >= 4 is 15.8 Å². The Morgan fingerprint density at radius 2 is 1.76 bits per heavy atom. The molecule has 29 heavy (non-hydrogen) atoms. The van der Waals surface area contributed by atoms with Gasteiger partial charge in [-0.05, 0) is 37.3 Å². The SMILES string of the molecule is CCOc1ccc(S(=O)(=O)N2CCN(c3cc(-n4cccn4)ncn3)CC2)cc1. The summed E-state index contributed by atoms with van der Waals surface area (Å²) in [6.45, 7) is 4.30. The van der Waals surface area contributed by atoms with Gasteiger partial charge in [0.05, 0.1) is 11.5 Å². The molecule has 4 rings (SSSR count). The van der Waals surface area contributed by atoms with Gasteiger partial charge in [-0.2, -0.15) is 9.40 Å². The lowest BCUT2D eigenvalue weighted by molar-refractivity contribution is 0.340. The summed E-state index contributed by atoms with van der Waals surface area (Å²) in [6, 6.07) is 10.2. The minimum atomic E-state index is -3.54. The van der Waals surface area contributed by atoms with E-state index in [4.69, 9.17) is 4.74 Å². The zero-order valence-corrected chi connectivity index (χ0v) is 16.9. The van der Waals surface area contributed by atoms with Crippen LogP contribution in [0.25, 0.3) is 5.82 Å². The average Bonchev–Trinajstić information content (AvgIpc) is 3.30. The predicted octanol–water partition coefficient (Wildman–Crippen LogP) is 1.57. The van der Waals surface area contributed by atoms with Gasteiger partial charge in [0, 0.05) is 44.6 Å². The summed E-state index contributed by atoms with van der Waals surface area (Å²) in [6.07, 6.45) is 5.00. The Morgan fingerprint density at radius 1 is 1.03 bits per heavy atom. The summed E-state index contributed by atoms with van der Waals surface area (Å²) in [4.78, 5) is 10.9. The van der Waals surface area contributed by atoms with E-state index in [1.165, 1.54) is 10.6 Å². The van der Waals surface area contributed by atoms with Crippen molar-refractivity contribution in [1.82, 2.24) is 24.1 Å². The van der Waals surface area contributed by atoms with Crippen molar-refractivity contribution in [1.29, 1.82) is 0 Å². The van der Waals surface area contributed by atoms with Crippen molar-refractivity contribution in [3.63, 3.8) is 0 Å². The van der Waals surface area contributed by atoms with E-state index in [0.717, 1.165) is 5.82 Å². The second-order valence-corrected chi connectivity index (χ2v) is 8.42. The van der Waals surface area contributed by atoms with Gasteiger partial charge in [0.15, 0.2) is 5.82 Å². The highest BCUT2D eigenvalue weighted by Gasteiger charge is 2.29. The van der Waals surface area contributed by atoms with Crippen LogP contribution in [0.1, 0.15) is 6.92 Å². The summed E-state index contributed by atoms with van der Waals surface area (Å²) >= 11 is 0. The second-order valence-electron chi connectivity index (χ2n) is 6.48. The third kappa shape index (κ3) is 4.08.